The zero-order chi connectivity index (χ0) is 22.3. The van der Waals surface area contributed by atoms with Gasteiger partial charge in [0.05, 0.1) is 40.3 Å². The maximum Gasteiger partial charge on any atom is 0.481 e. The maximum absolute atomic E-state index is 12.6. The van der Waals surface area contributed by atoms with E-state index in [0.29, 0.717) is 25.4 Å². The number of carbonyl (C=O) groups is 2. The summed E-state index contributed by atoms with van der Waals surface area (Å²) in [5.74, 6) is -0.826. The third kappa shape index (κ3) is 7.74. The maximum atomic E-state index is 12.6. The summed E-state index contributed by atoms with van der Waals surface area (Å²) in [6, 6.07) is 4.77. The van der Waals surface area contributed by atoms with Gasteiger partial charge in [0, 0.05) is 13.1 Å². The zero-order valence-corrected chi connectivity index (χ0v) is 19.3. The third-order valence-electron chi connectivity index (χ3n) is 4.60. The highest BCUT2D eigenvalue weighted by molar-refractivity contribution is 6.47. The van der Waals surface area contributed by atoms with Crippen molar-refractivity contribution in [1.82, 2.24) is 16.0 Å². The average molecular weight is 458 g/mol. The van der Waals surface area contributed by atoms with E-state index < -0.39 is 13.0 Å². The molecule has 1 aliphatic rings. The Morgan fingerprint density at radius 1 is 1.20 bits per heavy atom. The molecule has 0 bridgehead atoms. The van der Waals surface area contributed by atoms with Gasteiger partial charge in [0.1, 0.15) is 0 Å². The minimum Gasteiger partial charge on any atom is -0.406 e. The Morgan fingerprint density at radius 3 is 2.43 bits per heavy atom. The van der Waals surface area contributed by atoms with E-state index in [2.05, 4.69) is 29.8 Å². The molecule has 0 radical (unpaired) electrons. The molecule has 0 unspecified atom stereocenters. The number of halogens is 2. The summed E-state index contributed by atoms with van der Waals surface area (Å²) < 4.78 is 12.1. The molecule has 1 heterocycles. The molecule has 2 rings (SSSR count). The second-order valence-electron chi connectivity index (χ2n) is 8.01. The number of hydrogen-bond donors (Lipinski definition) is 3. The lowest BCUT2D eigenvalue weighted by molar-refractivity contribution is -0.120. The molecule has 0 saturated carbocycles. The molecule has 1 fully saturated rings. The van der Waals surface area contributed by atoms with Gasteiger partial charge in [-0.15, -0.1) is 0 Å². The largest absolute Gasteiger partial charge is 0.481 e. The van der Waals surface area contributed by atoms with E-state index in [1.807, 2.05) is 13.8 Å². The lowest BCUT2D eigenvalue weighted by Gasteiger charge is -2.32. The van der Waals surface area contributed by atoms with Crippen LogP contribution in [0.3, 0.4) is 0 Å². The van der Waals surface area contributed by atoms with Gasteiger partial charge < -0.3 is 25.3 Å². The van der Waals surface area contributed by atoms with Crippen molar-refractivity contribution in [2.45, 2.75) is 52.3 Å². The molecule has 2 amide bonds. The van der Waals surface area contributed by atoms with E-state index in [-0.39, 0.29) is 46.2 Å². The molecule has 7 nitrogen and oxygen atoms in total. The van der Waals surface area contributed by atoms with Crippen LogP contribution >= 0.6 is 23.2 Å². The van der Waals surface area contributed by atoms with Crippen LogP contribution in [0.25, 0.3) is 0 Å². The van der Waals surface area contributed by atoms with E-state index in [1.54, 1.807) is 18.2 Å². The number of hydrogen-bond acceptors (Lipinski definition) is 5. The van der Waals surface area contributed by atoms with Crippen LogP contribution in [0.15, 0.2) is 18.2 Å². The third-order valence-corrected chi connectivity index (χ3v) is 5.42. The van der Waals surface area contributed by atoms with Gasteiger partial charge in [0.15, 0.2) is 0 Å². The molecule has 30 heavy (non-hydrogen) atoms. The Bertz CT molecular complexity index is 726. The Hall–Kier alpha value is -1.32. The Morgan fingerprint density at radius 2 is 1.83 bits per heavy atom. The molecular weight excluding hydrogens is 428 g/mol. The summed E-state index contributed by atoms with van der Waals surface area (Å²) in [6.07, 6.45) is 0.564. The number of amides is 2. The first-order valence-corrected chi connectivity index (χ1v) is 11.0. The normalized spacial score (nSPS) is 21.0. The molecule has 3 atom stereocenters. The minimum atomic E-state index is -0.568. The van der Waals surface area contributed by atoms with Crippen LogP contribution in [0.2, 0.25) is 10.0 Å². The van der Waals surface area contributed by atoms with Crippen molar-refractivity contribution in [2.24, 2.45) is 5.92 Å². The van der Waals surface area contributed by atoms with Crippen molar-refractivity contribution in [3.63, 3.8) is 0 Å². The molecule has 0 spiro atoms. The van der Waals surface area contributed by atoms with Gasteiger partial charge in [-0.2, -0.15) is 0 Å². The van der Waals surface area contributed by atoms with Gasteiger partial charge >= 0.3 is 7.12 Å². The van der Waals surface area contributed by atoms with Crippen LogP contribution < -0.4 is 16.0 Å². The molecule has 1 aliphatic heterocycles. The second-order valence-corrected chi connectivity index (χ2v) is 8.79. The topological polar surface area (TPSA) is 88.7 Å². The fraction of sp³-hybridized carbons (Fsp3) is 0.600. The van der Waals surface area contributed by atoms with Gasteiger partial charge in [-0.3, -0.25) is 9.59 Å². The standard InChI is InChI=1S/C20H30BCl2N3O4/c1-12(2)8-17(21-29-13(3)9-24-10-14(4)30-21)26-18(27)11-25-20(28)15-6-5-7-16(22)19(15)23/h5-7,12-14,17,24H,8-11H2,1-4H3,(H,25,28)(H,26,27)/t13-,14-,17+/m1/s1. The first kappa shape index (κ1) is 24.9. The zero-order valence-electron chi connectivity index (χ0n) is 17.8. The van der Waals surface area contributed by atoms with Crippen molar-refractivity contribution < 1.29 is 18.9 Å². The molecule has 1 saturated heterocycles. The molecule has 10 heteroatoms. The smallest absolute Gasteiger partial charge is 0.406 e. The first-order chi connectivity index (χ1) is 14.2. The Labute approximate surface area is 188 Å². The van der Waals surface area contributed by atoms with Crippen molar-refractivity contribution >= 4 is 42.1 Å². The summed E-state index contributed by atoms with van der Waals surface area (Å²) in [5, 5.41) is 9.25. The van der Waals surface area contributed by atoms with Gasteiger partial charge in [0.2, 0.25) is 5.91 Å². The quantitative estimate of drug-likeness (QED) is 0.547. The van der Waals surface area contributed by atoms with Crippen LogP contribution in [0.5, 0.6) is 0 Å². The summed E-state index contributed by atoms with van der Waals surface area (Å²) >= 11 is 12.0. The van der Waals surface area contributed by atoms with E-state index in [1.165, 1.54) is 0 Å². The number of benzene rings is 1. The molecule has 1 aromatic rings. The molecule has 3 N–H and O–H groups in total. The molecule has 0 aromatic heterocycles. The van der Waals surface area contributed by atoms with E-state index >= 15 is 0 Å². The molecule has 0 aliphatic carbocycles. The van der Waals surface area contributed by atoms with Crippen molar-refractivity contribution in [3.8, 4) is 0 Å². The van der Waals surface area contributed by atoms with Gasteiger partial charge in [-0.1, -0.05) is 43.1 Å². The highest BCUT2D eigenvalue weighted by atomic mass is 35.5. The fourth-order valence-corrected chi connectivity index (χ4v) is 3.59. The van der Waals surface area contributed by atoms with Crippen LogP contribution in [-0.4, -0.2) is 56.7 Å². The van der Waals surface area contributed by atoms with Crippen molar-refractivity contribution in [1.29, 1.82) is 0 Å². The Balaban J connectivity index is 2.00. The SMILES string of the molecule is CC(C)C[C@H](NC(=O)CNC(=O)c1cccc(Cl)c1Cl)B1O[C@H](C)CNC[C@@H](C)O1. The summed E-state index contributed by atoms with van der Waals surface area (Å²) in [4.78, 5) is 24.9. The molecule has 1 aromatic carbocycles. The summed E-state index contributed by atoms with van der Waals surface area (Å²) in [7, 11) is -0.568. The number of carbonyl (C=O) groups excluding carboxylic acids is 2. The van der Waals surface area contributed by atoms with Crippen LogP contribution in [0.4, 0.5) is 0 Å². The predicted molar refractivity (Wildman–Crippen MR) is 120 cm³/mol. The first-order valence-electron chi connectivity index (χ1n) is 10.2. The molecule has 166 valence electrons. The lowest BCUT2D eigenvalue weighted by atomic mass is 9.73. The van der Waals surface area contributed by atoms with E-state index in [9.17, 15) is 9.59 Å². The number of nitrogens with one attached hydrogen (secondary N) is 3. The van der Waals surface area contributed by atoms with Gasteiger partial charge in [0.25, 0.3) is 5.91 Å². The van der Waals surface area contributed by atoms with E-state index in [4.69, 9.17) is 32.5 Å². The van der Waals surface area contributed by atoms with Gasteiger partial charge in [-0.25, -0.2) is 0 Å². The summed E-state index contributed by atoms with van der Waals surface area (Å²) in [6.45, 7) is 9.28. The second kappa shape index (κ2) is 11.9. The van der Waals surface area contributed by atoms with Crippen molar-refractivity contribution in [2.75, 3.05) is 19.6 Å². The van der Waals surface area contributed by atoms with E-state index in [0.717, 1.165) is 0 Å². The predicted octanol–water partition coefficient (Wildman–Crippen LogP) is 2.69. The molecular formula is C20H30BCl2N3O4. The van der Waals surface area contributed by atoms with Crippen LogP contribution in [0, 0.1) is 5.92 Å². The Kier molecular flexibility index (Phi) is 9.91. The highest BCUT2D eigenvalue weighted by Crippen LogP contribution is 2.25. The lowest BCUT2D eigenvalue weighted by Crippen LogP contribution is -2.56. The highest BCUT2D eigenvalue weighted by Gasteiger charge is 2.36. The van der Waals surface area contributed by atoms with Crippen LogP contribution in [0.1, 0.15) is 44.5 Å². The number of rotatable bonds is 7. The fourth-order valence-electron chi connectivity index (χ4n) is 3.20. The minimum absolute atomic E-state index is 0.0567. The van der Waals surface area contributed by atoms with Gasteiger partial charge in [-0.05, 0) is 38.3 Å². The van der Waals surface area contributed by atoms with Crippen LogP contribution in [-0.2, 0) is 14.1 Å². The monoisotopic (exact) mass is 457 g/mol. The summed E-state index contributed by atoms with van der Waals surface area (Å²) in [5.41, 5.74) is 0.220. The average Bonchev–Trinajstić information content (AvgIpc) is 2.65. The van der Waals surface area contributed by atoms with Crippen molar-refractivity contribution in [3.05, 3.63) is 33.8 Å².